The number of nitrogens with one attached hydrogen (secondary N) is 1. The Bertz CT molecular complexity index is 813. The molecule has 2 amide bonds. The number of rotatable bonds is 7. The largest absolute Gasteiger partial charge is 0.494 e. The van der Waals surface area contributed by atoms with Crippen molar-refractivity contribution in [2.75, 3.05) is 11.5 Å². The lowest BCUT2D eigenvalue weighted by atomic mass is 10.1. The number of aryl methyl sites for hydroxylation is 2. The number of aromatic nitrogens is 2. The SMILES string of the molecule is CCOc1ccc(CNC(=O)[C@H](CC)N2C(=O)CCn3nc(C)cc32)cc1. The van der Waals surface area contributed by atoms with Crippen molar-refractivity contribution in [2.24, 2.45) is 0 Å². The van der Waals surface area contributed by atoms with Gasteiger partial charge in [0.05, 0.1) is 18.8 Å². The number of ether oxygens (including phenoxy) is 1. The fourth-order valence-electron chi connectivity index (χ4n) is 3.34. The lowest BCUT2D eigenvalue weighted by Crippen LogP contribution is -2.52. The van der Waals surface area contributed by atoms with E-state index in [1.807, 2.05) is 51.1 Å². The Hall–Kier alpha value is -2.83. The third-order valence-corrected chi connectivity index (χ3v) is 4.64. The highest BCUT2D eigenvalue weighted by molar-refractivity contribution is 6.00. The third-order valence-electron chi connectivity index (χ3n) is 4.64. The molecule has 0 saturated carbocycles. The first-order valence-corrected chi connectivity index (χ1v) is 9.39. The summed E-state index contributed by atoms with van der Waals surface area (Å²) in [7, 11) is 0. The number of benzene rings is 1. The van der Waals surface area contributed by atoms with E-state index in [1.165, 1.54) is 0 Å². The molecule has 2 heterocycles. The van der Waals surface area contributed by atoms with Gasteiger partial charge in [0.2, 0.25) is 11.8 Å². The molecule has 1 aliphatic heterocycles. The standard InChI is InChI=1S/C20H26N4O3/c1-4-17(24-18-12-14(3)22-23(18)11-10-19(24)25)20(26)21-13-15-6-8-16(9-7-15)27-5-2/h6-9,12,17H,4-5,10-11,13H2,1-3H3,(H,21,26)/t17-/m0/s1. The van der Waals surface area contributed by atoms with E-state index < -0.39 is 6.04 Å². The van der Waals surface area contributed by atoms with Crippen LogP contribution in [-0.2, 0) is 22.7 Å². The second-order valence-electron chi connectivity index (χ2n) is 6.60. The van der Waals surface area contributed by atoms with Gasteiger partial charge in [0.25, 0.3) is 0 Å². The molecule has 0 fully saturated rings. The van der Waals surface area contributed by atoms with Crippen LogP contribution in [0.5, 0.6) is 5.75 Å². The van der Waals surface area contributed by atoms with Crippen LogP contribution in [0.4, 0.5) is 5.82 Å². The highest BCUT2D eigenvalue weighted by atomic mass is 16.5. The maximum Gasteiger partial charge on any atom is 0.243 e. The van der Waals surface area contributed by atoms with Gasteiger partial charge in [0.1, 0.15) is 17.6 Å². The van der Waals surface area contributed by atoms with Crippen molar-refractivity contribution in [1.82, 2.24) is 15.1 Å². The second-order valence-corrected chi connectivity index (χ2v) is 6.60. The number of carbonyl (C=O) groups excluding carboxylic acids is 2. The molecular formula is C20H26N4O3. The minimum absolute atomic E-state index is 0.0366. The maximum absolute atomic E-state index is 12.8. The molecule has 0 bridgehead atoms. The number of amides is 2. The van der Waals surface area contributed by atoms with Crippen LogP contribution < -0.4 is 15.0 Å². The minimum atomic E-state index is -0.546. The Morgan fingerprint density at radius 1 is 1.30 bits per heavy atom. The summed E-state index contributed by atoms with van der Waals surface area (Å²) in [6, 6.07) is 8.94. The minimum Gasteiger partial charge on any atom is -0.494 e. The molecule has 144 valence electrons. The molecule has 1 N–H and O–H groups in total. The molecule has 0 spiro atoms. The smallest absolute Gasteiger partial charge is 0.243 e. The van der Waals surface area contributed by atoms with Crippen molar-refractivity contribution >= 4 is 17.6 Å². The summed E-state index contributed by atoms with van der Waals surface area (Å²) in [5.74, 6) is 1.31. The molecule has 3 rings (SSSR count). The molecule has 0 radical (unpaired) electrons. The van der Waals surface area contributed by atoms with E-state index in [0.717, 1.165) is 17.0 Å². The molecule has 27 heavy (non-hydrogen) atoms. The van der Waals surface area contributed by atoms with Gasteiger partial charge in [0, 0.05) is 19.0 Å². The molecule has 1 atom stereocenters. The molecule has 7 nitrogen and oxygen atoms in total. The van der Waals surface area contributed by atoms with Crippen molar-refractivity contribution in [3.63, 3.8) is 0 Å². The average molecular weight is 370 g/mol. The molecule has 0 unspecified atom stereocenters. The van der Waals surface area contributed by atoms with Crippen LogP contribution in [-0.4, -0.2) is 34.2 Å². The average Bonchev–Trinajstić information content (AvgIpc) is 3.04. The fraction of sp³-hybridized carbons (Fsp3) is 0.450. The quantitative estimate of drug-likeness (QED) is 0.812. The summed E-state index contributed by atoms with van der Waals surface area (Å²) in [5.41, 5.74) is 1.82. The van der Waals surface area contributed by atoms with Gasteiger partial charge < -0.3 is 10.1 Å². The van der Waals surface area contributed by atoms with Gasteiger partial charge in [-0.2, -0.15) is 5.10 Å². The van der Waals surface area contributed by atoms with Crippen molar-refractivity contribution in [1.29, 1.82) is 0 Å². The van der Waals surface area contributed by atoms with Crippen molar-refractivity contribution in [2.45, 2.75) is 52.7 Å². The predicted octanol–water partition coefficient (Wildman–Crippen LogP) is 2.42. The summed E-state index contributed by atoms with van der Waals surface area (Å²) in [5, 5.41) is 7.36. The van der Waals surface area contributed by atoms with Crippen LogP contribution >= 0.6 is 0 Å². The lowest BCUT2D eigenvalue weighted by Gasteiger charge is -2.33. The van der Waals surface area contributed by atoms with Gasteiger partial charge in [-0.1, -0.05) is 19.1 Å². The van der Waals surface area contributed by atoms with Crippen molar-refractivity contribution in [3.05, 3.63) is 41.6 Å². The Morgan fingerprint density at radius 3 is 2.70 bits per heavy atom. The fourth-order valence-corrected chi connectivity index (χ4v) is 3.34. The Kier molecular flexibility index (Phi) is 5.78. The van der Waals surface area contributed by atoms with Crippen LogP contribution in [0.1, 0.15) is 37.9 Å². The van der Waals surface area contributed by atoms with Crippen LogP contribution in [0, 0.1) is 6.92 Å². The summed E-state index contributed by atoms with van der Waals surface area (Å²) < 4.78 is 7.23. The molecule has 1 aromatic carbocycles. The normalized spacial score (nSPS) is 14.6. The maximum atomic E-state index is 12.8. The molecule has 2 aromatic rings. The zero-order valence-corrected chi connectivity index (χ0v) is 16.1. The Labute approximate surface area is 159 Å². The molecule has 1 aromatic heterocycles. The van der Waals surface area contributed by atoms with E-state index in [0.29, 0.717) is 38.4 Å². The monoisotopic (exact) mass is 370 g/mol. The van der Waals surface area contributed by atoms with E-state index in [1.54, 1.807) is 9.58 Å². The van der Waals surface area contributed by atoms with Crippen LogP contribution in [0.2, 0.25) is 0 Å². The number of fused-ring (bicyclic) bond motifs is 1. The van der Waals surface area contributed by atoms with Crippen molar-refractivity contribution < 1.29 is 14.3 Å². The zero-order chi connectivity index (χ0) is 19.4. The first-order valence-electron chi connectivity index (χ1n) is 9.39. The van der Waals surface area contributed by atoms with Gasteiger partial charge >= 0.3 is 0 Å². The molecule has 0 saturated heterocycles. The summed E-state index contributed by atoms with van der Waals surface area (Å²) in [6.07, 6.45) is 0.891. The highest BCUT2D eigenvalue weighted by Crippen LogP contribution is 2.26. The van der Waals surface area contributed by atoms with Crippen LogP contribution in [0.3, 0.4) is 0 Å². The highest BCUT2D eigenvalue weighted by Gasteiger charge is 2.34. The number of hydrogen-bond donors (Lipinski definition) is 1. The van der Waals surface area contributed by atoms with Gasteiger partial charge in [-0.15, -0.1) is 0 Å². The predicted molar refractivity (Wildman–Crippen MR) is 103 cm³/mol. The first kappa shape index (κ1) is 18.9. The van der Waals surface area contributed by atoms with Gasteiger partial charge in [0.15, 0.2) is 0 Å². The van der Waals surface area contributed by atoms with E-state index in [9.17, 15) is 9.59 Å². The van der Waals surface area contributed by atoms with Gasteiger partial charge in [-0.3, -0.25) is 14.5 Å². The topological polar surface area (TPSA) is 76.5 Å². The van der Waals surface area contributed by atoms with E-state index in [-0.39, 0.29) is 11.8 Å². The third kappa shape index (κ3) is 4.13. The van der Waals surface area contributed by atoms with E-state index >= 15 is 0 Å². The summed E-state index contributed by atoms with van der Waals surface area (Å²) in [4.78, 5) is 26.9. The first-order chi connectivity index (χ1) is 13.0. The summed E-state index contributed by atoms with van der Waals surface area (Å²) >= 11 is 0. The molecule has 7 heteroatoms. The number of nitrogens with zero attached hydrogens (tertiary/aromatic N) is 3. The Morgan fingerprint density at radius 2 is 2.04 bits per heavy atom. The van der Waals surface area contributed by atoms with Gasteiger partial charge in [-0.05, 0) is 38.0 Å². The zero-order valence-electron chi connectivity index (χ0n) is 16.1. The van der Waals surface area contributed by atoms with Crippen molar-refractivity contribution in [3.8, 4) is 5.75 Å². The number of hydrogen-bond acceptors (Lipinski definition) is 4. The molecule has 0 aliphatic carbocycles. The Balaban J connectivity index is 1.70. The van der Waals surface area contributed by atoms with Crippen LogP contribution in [0.25, 0.3) is 0 Å². The molecule has 1 aliphatic rings. The number of anilines is 1. The second kappa shape index (κ2) is 8.24. The number of carbonyl (C=O) groups is 2. The lowest BCUT2D eigenvalue weighted by molar-refractivity contribution is -0.127. The summed E-state index contributed by atoms with van der Waals surface area (Å²) in [6.45, 7) is 7.32. The van der Waals surface area contributed by atoms with Crippen LogP contribution in [0.15, 0.2) is 30.3 Å². The molecular weight excluding hydrogens is 344 g/mol. The van der Waals surface area contributed by atoms with Gasteiger partial charge in [-0.25, -0.2) is 4.68 Å². The van der Waals surface area contributed by atoms with E-state index in [4.69, 9.17) is 4.74 Å². The van der Waals surface area contributed by atoms with E-state index in [2.05, 4.69) is 10.4 Å².